The van der Waals surface area contributed by atoms with Gasteiger partial charge in [-0.15, -0.1) is 13.2 Å². The van der Waals surface area contributed by atoms with Crippen LogP contribution in [0.15, 0.2) is 36.4 Å². The molecule has 2 heterocycles. The lowest BCUT2D eigenvalue weighted by atomic mass is 9.97. The molecule has 0 unspecified atom stereocenters. The van der Waals surface area contributed by atoms with E-state index >= 15 is 0 Å². The highest BCUT2D eigenvalue weighted by Gasteiger charge is 2.39. The van der Waals surface area contributed by atoms with Crippen molar-refractivity contribution in [1.29, 1.82) is 0 Å². The van der Waals surface area contributed by atoms with Crippen molar-refractivity contribution in [3.05, 3.63) is 47.2 Å². The number of pyridine rings is 1. The summed E-state index contributed by atoms with van der Waals surface area (Å²) in [5.41, 5.74) is -0.902. The number of amides is 3. The predicted octanol–water partition coefficient (Wildman–Crippen LogP) is 4.67. The molecule has 1 aromatic carbocycles. The Hall–Kier alpha value is -3.81. The zero-order chi connectivity index (χ0) is 29.7. The largest absolute Gasteiger partial charge is 0.574 e. The van der Waals surface area contributed by atoms with Gasteiger partial charge in [0.2, 0.25) is 11.8 Å². The number of anilines is 1. The molecule has 2 aromatic rings. The van der Waals surface area contributed by atoms with Crippen molar-refractivity contribution >= 4 is 35.3 Å². The molecular formula is C25H27ClF4N4O6. The molecule has 1 aromatic heterocycles. The van der Waals surface area contributed by atoms with E-state index < -0.39 is 60.3 Å². The SMILES string of the molecule is CC(C)(C)OC(=O)N1C[C@@H](NC(=O)COc2ccc(Cl)c(F)c2)CC[C@@H]1C(=O)Nc1cccc(OC(F)(F)F)n1. The number of aromatic nitrogens is 1. The molecule has 1 saturated heterocycles. The van der Waals surface area contributed by atoms with Crippen LogP contribution in [0, 0.1) is 5.82 Å². The third-order valence-electron chi connectivity index (χ3n) is 5.33. The number of nitrogens with one attached hydrogen (secondary N) is 2. The van der Waals surface area contributed by atoms with E-state index in [0.717, 1.165) is 17.0 Å². The molecule has 2 N–H and O–H groups in total. The number of halogens is 5. The number of hydrogen-bond donors (Lipinski definition) is 2. The van der Waals surface area contributed by atoms with Crippen LogP contribution >= 0.6 is 11.6 Å². The van der Waals surface area contributed by atoms with Gasteiger partial charge < -0.3 is 24.8 Å². The van der Waals surface area contributed by atoms with Gasteiger partial charge in [0.15, 0.2) is 6.61 Å². The van der Waals surface area contributed by atoms with Crippen LogP contribution in [0.2, 0.25) is 5.02 Å². The summed E-state index contributed by atoms with van der Waals surface area (Å²) >= 11 is 5.63. The molecule has 0 saturated carbocycles. The molecule has 0 bridgehead atoms. The van der Waals surface area contributed by atoms with E-state index in [4.69, 9.17) is 21.1 Å². The van der Waals surface area contributed by atoms with E-state index in [9.17, 15) is 31.9 Å². The maximum atomic E-state index is 13.6. The number of rotatable bonds is 7. The number of benzene rings is 1. The van der Waals surface area contributed by atoms with Gasteiger partial charge in [-0.1, -0.05) is 17.7 Å². The molecule has 2 atom stereocenters. The van der Waals surface area contributed by atoms with E-state index in [0.29, 0.717) is 0 Å². The van der Waals surface area contributed by atoms with Gasteiger partial charge >= 0.3 is 12.5 Å². The monoisotopic (exact) mass is 590 g/mol. The molecule has 15 heteroatoms. The summed E-state index contributed by atoms with van der Waals surface area (Å²) in [4.78, 5) is 43.3. The second-order valence-electron chi connectivity index (χ2n) is 9.75. The van der Waals surface area contributed by atoms with Crippen LogP contribution < -0.4 is 20.1 Å². The minimum Gasteiger partial charge on any atom is -0.484 e. The second-order valence-corrected chi connectivity index (χ2v) is 10.2. The topological polar surface area (TPSA) is 119 Å². The first-order valence-corrected chi connectivity index (χ1v) is 12.4. The lowest BCUT2D eigenvalue weighted by Gasteiger charge is -2.39. The normalized spacial score (nSPS) is 17.6. The minimum atomic E-state index is -4.97. The van der Waals surface area contributed by atoms with Crippen LogP contribution in [0.25, 0.3) is 0 Å². The van der Waals surface area contributed by atoms with Crippen LogP contribution in [0.5, 0.6) is 11.6 Å². The zero-order valence-corrected chi connectivity index (χ0v) is 22.4. The van der Waals surface area contributed by atoms with Gasteiger partial charge in [-0.25, -0.2) is 9.18 Å². The summed E-state index contributed by atoms with van der Waals surface area (Å²) in [6.07, 6.45) is -5.45. The van der Waals surface area contributed by atoms with E-state index in [-0.39, 0.29) is 36.0 Å². The average Bonchev–Trinajstić information content (AvgIpc) is 2.83. The number of piperidine rings is 1. The molecule has 0 radical (unpaired) electrons. The summed E-state index contributed by atoms with van der Waals surface area (Å²) < 4.78 is 65.7. The highest BCUT2D eigenvalue weighted by Crippen LogP contribution is 2.25. The molecule has 10 nitrogen and oxygen atoms in total. The van der Waals surface area contributed by atoms with Crippen molar-refractivity contribution in [2.24, 2.45) is 0 Å². The Morgan fingerprint density at radius 3 is 2.50 bits per heavy atom. The zero-order valence-electron chi connectivity index (χ0n) is 21.7. The van der Waals surface area contributed by atoms with Crippen LogP contribution in [-0.4, -0.2) is 65.0 Å². The molecule has 1 aliphatic rings. The van der Waals surface area contributed by atoms with Gasteiger partial charge in [-0.05, 0) is 51.8 Å². The predicted molar refractivity (Wildman–Crippen MR) is 134 cm³/mol. The number of likely N-dealkylation sites (tertiary alicyclic amines) is 1. The first kappa shape index (κ1) is 30.7. The van der Waals surface area contributed by atoms with E-state index in [1.54, 1.807) is 20.8 Å². The summed E-state index contributed by atoms with van der Waals surface area (Å²) in [6.45, 7) is 4.34. The summed E-state index contributed by atoms with van der Waals surface area (Å²) in [7, 11) is 0. The van der Waals surface area contributed by atoms with Gasteiger partial charge in [0.25, 0.3) is 5.91 Å². The third-order valence-corrected chi connectivity index (χ3v) is 5.64. The molecule has 3 rings (SSSR count). The van der Waals surface area contributed by atoms with Gasteiger partial charge in [0, 0.05) is 24.7 Å². The average molecular weight is 591 g/mol. The standard InChI is InChI=1S/C25H27ClF4N4O6/c1-24(2,3)40-23(37)34-12-14(31-20(35)13-38-15-8-9-16(26)17(27)11-15)7-10-18(34)22(36)33-19-5-4-6-21(32-19)39-25(28,29)30/h4-6,8-9,11,14,18H,7,10,12-13H2,1-3H3,(H,31,35)(H,32,33,36)/t14-,18+/m0/s1. The molecule has 1 fully saturated rings. The molecule has 0 aliphatic carbocycles. The number of carbonyl (C=O) groups excluding carboxylic acids is 3. The lowest BCUT2D eigenvalue weighted by Crippen LogP contribution is -2.58. The fourth-order valence-corrected chi connectivity index (χ4v) is 3.86. The van der Waals surface area contributed by atoms with E-state index in [2.05, 4.69) is 20.4 Å². The number of nitrogens with zero attached hydrogens (tertiary/aromatic N) is 2. The first-order chi connectivity index (χ1) is 18.6. The number of hydrogen-bond acceptors (Lipinski definition) is 7. The Labute approximate surface area is 231 Å². The third kappa shape index (κ3) is 9.43. The van der Waals surface area contributed by atoms with Crippen molar-refractivity contribution in [1.82, 2.24) is 15.2 Å². The van der Waals surface area contributed by atoms with Gasteiger partial charge in [0.1, 0.15) is 29.0 Å². The van der Waals surface area contributed by atoms with Crippen LogP contribution in [0.1, 0.15) is 33.6 Å². The fourth-order valence-electron chi connectivity index (χ4n) is 3.74. The molecule has 1 aliphatic heterocycles. The maximum Gasteiger partial charge on any atom is 0.574 e. The first-order valence-electron chi connectivity index (χ1n) is 12.0. The Bertz CT molecular complexity index is 1240. The van der Waals surface area contributed by atoms with E-state index in [1.807, 2.05) is 0 Å². The number of alkyl halides is 3. The quantitative estimate of drug-likeness (QED) is 0.450. The van der Waals surface area contributed by atoms with Crippen molar-refractivity contribution < 1.29 is 46.2 Å². The number of ether oxygens (including phenoxy) is 3. The minimum absolute atomic E-state index is 0.0814. The Morgan fingerprint density at radius 2 is 1.85 bits per heavy atom. The fraction of sp³-hybridized carbons (Fsp3) is 0.440. The highest BCUT2D eigenvalue weighted by molar-refractivity contribution is 6.30. The van der Waals surface area contributed by atoms with Gasteiger partial charge in [0.05, 0.1) is 5.02 Å². The second kappa shape index (κ2) is 12.6. The molecule has 218 valence electrons. The molecule has 40 heavy (non-hydrogen) atoms. The van der Waals surface area contributed by atoms with Gasteiger partial charge in [-0.3, -0.25) is 14.5 Å². The lowest BCUT2D eigenvalue weighted by molar-refractivity contribution is -0.276. The Morgan fingerprint density at radius 1 is 1.12 bits per heavy atom. The summed E-state index contributed by atoms with van der Waals surface area (Å²) in [5.74, 6) is -2.89. The maximum absolute atomic E-state index is 13.6. The van der Waals surface area contributed by atoms with Crippen LogP contribution in [-0.2, 0) is 14.3 Å². The van der Waals surface area contributed by atoms with Crippen LogP contribution in [0.4, 0.5) is 28.2 Å². The highest BCUT2D eigenvalue weighted by atomic mass is 35.5. The summed E-state index contributed by atoms with van der Waals surface area (Å²) in [5, 5.41) is 5.00. The van der Waals surface area contributed by atoms with Crippen LogP contribution in [0.3, 0.4) is 0 Å². The van der Waals surface area contributed by atoms with Crippen molar-refractivity contribution in [2.75, 3.05) is 18.5 Å². The Kier molecular flexibility index (Phi) is 9.66. The van der Waals surface area contributed by atoms with E-state index in [1.165, 1.54) is 24.3 Å². The molecular weight excluding hydrogens is 564 g/mol. The van der Waals surface area contributed by atoms with Crippen molar-refractivity contribution in [3.8, 4) is 11.6 Å². The van der Waals surface area contributed by atoms with Gasteiger partial charge in [-0.2, -0.15) is 4.98 Å². The molecule has 0 spiro atoms. The van der Waals surface area contributed by atoms with Crippen molar-refractivity contribution in [3.63, 3.8) is 0 Å². The number of carbonyl (C=O) groups is 3. The Balaban J connectivity index is 1.66. The smallest absolute Gasteiger partial charge is 0.484 e. The summed E-state index contributed by atoms with van der Waals surface area (Å²) in [6, 6.07) is 5.48. The molecule has 3 amide bonds. The van der Waals surface area contributed by atoms with Crippen molar-refractivity contribution in [2.45, 2.75) is 57.7 Å².